The molecule has 0 aliphatic rings. The van der Waals surface area contributed by atoms with Crippen molar-refractivity contribution in [3.63, 3.8) is 0 Å². The average molecular weight is 336 g/mol. The number of hydrogen-bond acceptors (Lipinski definition) is 4. The number of nitrogens with zero attached hydrogens (tertiary/aromatic N) is 3. The van der Waals surface area contributed by atoms with E-state index >= 15 is 0 Å². The van der Waals surface area contributed by atoms with E-state index in [1.54, 1.807) is 20.0 Å². The highest BCUT2D eigenvalue weighted by molar-refractivity contribution is 5.38. The van der Waals surface area contributed by atoms with Gasteiger partial charge in [0.15, 0.2) is 0 Å². The van der Waals surface area contributed by atoms with Crippen LogP contribution in [0.15, 0.2) is 30.6 Å². The van der Waals surface area contributed by atoms with Gasteiger partial charge in [0.05, 0.1) is 6.20 Å². The molecule has 4 nitrogen and oxygen atoms in total. The smallest absolute Gasteiger partial charge is 0.144 e. The van der Waals surface area contributed by atoms with Gasteiger partial charge < -0.3 is 10.2 Å². The van der Waals surface area contributed by atoms with Crippen molar-refractivity contribution in [3.05, 3.63) is 47.5 Å². The minimum Gasteiger partial charge on any atom is -0.373 e. The molecule has 0 unspecified atom stereocenters. The first kappa shape index (κ1) is 24.1. The molecule has 0 fully saturated rings. The lowest BCUT2D eigenvalue weighted by molar-refractivity contribution is 0.612. The van der Waals surface area contributed by atoms with Gasteiger partial charge in [-0.2, -0.15) is 0 Å². The summed E-state index contributed by atoms with van der Waals surface area (Å²) in [6.07, 6.45) is 3.03. The van der Waals surface area contributed by atoms with E-state index in [1.807, 2.05) is 59.0 Å². The molecule has 0 aromatic carbocycles. The summed E-state index contributed by atoms with van der Waals surface area (Å²) in [7, 11) is 5.73. The molecule has 1 N–H and O–H groups in total. The first-order valence-corrected chi connectivity index (χ1v) is 8.34. The average Bonchev–Trinajstić information content (AvgIpc) is 2.61. The number of aromatic nitrogens is 2. The molecule has 0 amide bonds. The lowest BCUT2D eigenvalue weighted by Crippen LogP contribution is -2.10. The monoisotopic (exact) mass is 336 g/mol. The molecule has 2 aromatic rings. The van der Waals surface area contributed by atoms with Crippen molar-refractivity contribution in [1.29, 1.82) is 0 Å². The van der Waals surface area contributed by atoms with E-state index in [-0.39, 0.29) is 5.82 Å². The Hall–Kier alpha value is -2.17. The van der Waals surface area contributed by atoms with Crippen molar-refractivity contribution in [3.8, 4) is 0 Å². The minimum absolute atomic E-state index is 0.265. The van der Waals surface area contributed by atoms with Crippen LogP contribution in [0.5, 0.6) is 0 Å². The molecule has 0 radical (unpaired) electrons. The van der Waals surface area contributed by atoms with E-state index < -0.39 is 0 Å². The third-order valence-electron chi connectivity index (χ3n) is 2.66. The highest BCUT2D eigenvalue weighted by Crippen LogP contribution is 2.08. The van der Waals surface area contributed by atoms with Crippen LogP contribution < -0.4 is 10.2 Å². The van der Waals surface area contributed by atoms with E-state index in [1.165, 1.54) is 11.8 Å². The topological polar surface area (TPSA) is 41.1 Å². The predicted octanol–water partition coefficient (Wildman–Crippen LogP) is 5.08. The van der Waals surface area contributed by atoms with E-state index in [0.717, 1.165) is 5.82 Å². The molecule has 5 heteroatoms. The maximum atomic E-state index is 12.5. The summed E-state index contributed by atoms with van der Waals surface area (Å²) in [5.74, 6) is 1.44. The van der Waals surface area contributed by atoms with Gasteiger partial charge >= 0.3 is 0 Å². The SMILES string of the molecule is CC.CC.CNc1cc(C)c(F)cn1.Cc1ccnc(N(C)C)c1. The fourth-order valence-corrected chi connectivity index (χ4v) is 1.44. The molecule has 0 atom stereocenters. The molecular formula is C19H33FN4. The first-order valence-electron chi connectivity index (χ1n) is 8.34. The summed E-state index contributed by atoms with van der Waals surface area (Å²) in [4.78, 5) is 9.93. The fourth-order valence-electron chi connectivity index (χ4n) is 1.44. The molecule has 0 spiro atoms. The Kier molecular flexibility index (Phi) is 14.5. The Balaban J connectivity index is 0. The van der Waals surface area contributed by atoms with Crippen LogP contribution in [-0.4, -0.2) is 31.1 Å². The number of hydrogen-bond donors (Lipinski definition) is 1. The van der Waals surface area contributed by atoms with Crippen LogP contribution in [0.2, 0.25) is 0 Å². The number of halogens is 1. The normalized spacial score (nSPS) is 8.42. The third kappa shape index (κ3) is 9.77. The van der Waals surface area contributed by atoms with Gasteiger partial charge in [-0.1, -0.05) is 27.7 Å². The largest absolute Gasteiger partial charge is 0.373 e. The van der Waals surface area contributed by atoms with Gasteiger partial charge in [-0.15, -0.1) is 0 Å². The van der Waals surface area contributed by atoms with Crippen LogP contribution >= 0.6 is 0 Å². The van der Waals surface area contributed by atoms with Gasteiger partial charge in [0.25, 0.3) is 0 Å². The van der Waals surface area contributed by atoms with Gasteiger partial charge in [-0.25, -0.2) is 14.4 Å². The Bertz CT molecular complexity index is 557. The lowest BCUT2D eigenvalue weighted by Gasteiger charge is -2.10. The van der Waals surface area contributed by atoms with Crippen molar-refractivity contribution in [2.75, 3.05) is 31.4 Å². The number of pyridine rings is 2. The van der Waals surface area contributed by atoms with Crippen molar-refractivity contribution >= 4 is 11.6 Å². The standard InChI is InChI=1S/C8H12N2.C7H9FN2.2C2H6/c1-7-4-5-9-8(6-7)10(2)3;1-5-3-7(9-2)10-4-6(5)8;2*1-2/h4-6H,1-3H3;3-4H,1-2H3,(H,9,10);2*1-2H3. The molecule has 0 aliphatic carbocycles. The molecule has 0 bridgehead atoms. The van der Waals surface area contributed by atoms with Crippen LogP contribution in [-0.2, 0) is 0 Å². The second-order valence-corrected chi connectivity index (χ2v) is 4.65. The zero-order valence-electron chi connectivity index (χ0n) is 16.6. The van der Waals surface area contributed by atoms with Crippen LogP contribution in [0, 0.1) is 19.7 Å². The van der Waals surface area contributed by atoms with Crippen molar-refractivity contribution in [1.82, 2.24) is 9.97 Å². The second-order valence-electron chi connectivity index (χ2n) is 4.65. The lowest BCUT2D eigenvalue weighted by atomic mass is 10.3. The summed E-state index contributed by atoms with van der Waals surface area (Å²) in [6, 6.07) is 5.71. The molecule has 2 heterocycles. The maximum absolute atomic E-state index is 12.5. The Morgan fingerprint density at radius 2 is 1.58 bits per heavy atom. The molecule has 2 rings (SSSR count). The molecular weight excluding hydrogens is 303 g/mol. The predicted molar refractivity (Wildman–Crippen MR) is 104 cm³/mol. The van der Waals surface area contributed by atoms with E-state index in [9.17, 15) is 4.39 Å². The highest BCUT2D eigenvalue weighted by Gasteiger charge is 1.96. The number of rotatable bonds is 2. The quantitative estimate of drug-likeness (QED) is 0.830. The first-order chi connectivity index (χ1) is 11.4. The van der Waals surface area contributed by atoms with Crippen molar-refractivity contribution < 1.29 is 4.39 Å². The van der Waals surface area contributed by atoms with E-state index in [2.05, 4.69) is 28.3 Å². The van der Waals surface area contributed by atoms with Gasteiger partial charge in [0.1, 0.15) is 17.5 Å². The molecule has 2 aromatic heterocycles. The van der Waals surface area contributed by atoms with Gasteiger partial charge in [0, 0.05) is 27.3 Å². The van der Waals surface area contributed by atoms with E-state index in [4.69, 9.17) is 0 Å². The Morgan fingerprint density at radius 1 is 1.00 bits per heavy atom. The summed E-state index contributed by atoms with van der Waals surface area (Å²) in [5.41, 5.74) is 1.86. The Labute approximate surface area is 147 Å². The highest BCUT2D eigenvalue weighted by atomic mass is 19.1. The van der Waals surface area contributed by atoms with Gasteiger partial charge in [-0.3, -0.25) is 0 Å². The van der Waals surface area contributed by atoms with Crippen LogP contribution in [0.4, 0.5) is 16.0 Å². The summed E-state index contributed by atoms with van der Waals surface area (Å²) < 4.78 is 12.5. The Morgan fingerprint density at radius 3 is 1.96 bits per heavy atom. The van der Waals surface area contributed by atoms with Crippen LogP contribution in [0.1, 0.15) is 38.8 Å². The van der Waals surface area contributed by atoms with E-state index in [0.29, 0.717) is 11.4 Å². The van der Waals surface area contributed by atoms with Gasteiger partial charge in [0.2, 0.25) is 0 Å². The number of anilines is 2. The third-order valence-corrected chi connectivity index (χ3v) is 2.66. The van der Waals surface area contributed by atoms with Crippen molar-refractivity contribution in [2.45, 2.75) is 41.5 Å². The number of aryl methyl sites for hydroxylation is 2. The second kappa shape index (κ2) is 14.4. The zero-order chi connectivity index (χ0) is 19.1. The molecule has 136 valence electrons. The van der Waals surface area contributed by atoms with Crippen molar-refractivity contribution in [2.24, 2.45) is 0 Å². The summed E-state index contributed by atoms with van der Waals surface area (Å²) in [5, 5.41) is 2.82. The molecule has 0 saturated carbocycles. The summed E-state index contributed by atoms with van der Waals surface area (Å²) >= 11 is 0. The summed E-state index contributed by atoms with van der Waals surface area (Å²) in [6.45, 7) is 11.8. The molecule has 0 aliphatic heterocycles. The fraction of sp³-hybridized carbons (Fsp3) is 0.474. The minimum atomic E-state index is -0.265. The van der Waals surface area contributed by atoms with Crippen LogP contribution in [0.3, 0.4) is 0 Å². The zero-order valence-corrected chi connectivity index (χ0v) is 16.6. The molecule has 24 heavy (non-hydrogen) atoms. The molecule has 0 saturated heterocycles. The van der Waals surface area contributed by atoms with Gasteiger partial charge in [-0.05, 0) is 43.2 Å². The van der Waals surface area contributed by atoms with Crippen LogP contribution in [0.25, 0.3) is 0 Å². The number of nitrogens with one attached hydrogen (secondary N) is 1. The maximum Gasteiger partial charge on any atom is 0.144 e.